The van der Waals surface area contributed by atoms with Crippen LogP contribution in [-0.2, 0) is 14.3 Å². The van der Waals surface area contributed by atoms with E-state index in [0.29, 0.717) is 30.1 Å². The van der Waals surface area contributed by atoms with E-state index in [1.54, 1.807) is 0 Å². The molecule has 0 bridgehead atoms. The molecule has 1 amide bonds. The summed E-state index contributed by atoms with van der Waals surface area (Å²) in [4.78, 5) is 23.7. The first kappa shape index (κ1) is 30.0. The Balaban J connectivity index is 1.56. The number of carbonyl (C=O) groups excluding carboxylic acids is 1. The number of aliphatic hydroxyl groups excluding tert-OH is 3. The number of hydrogen-bond donors (Lipinski definition) is 5. The average Bonchev–Trinajstić information content (AvgIpc) is 3.26. The van der Waals surface area contributed by atoms with Gasteiger partial charge in [0.25, 0.3) is 0 Å². The second-order valence-corrected chi connectivity index (χ2v) is 14.4. The fourth-order valence-corrected chi connectivity index (χ4v) is 10.5. The molecule has 3 saturated carbocycles. The molecule has 0 aromatic rings. The molecule has 0 aromatic carbocycles. The minimum atomic E-state index is -1.28. The number of aliphatic carboxylic acids is 1. The lowest BCUT2D eigenvalue weighted by Gasteiger charge is -2.62. The minimum absolute atomic E-state index is 0.0584. The van der Waals surface area contributed by atoms with Crippen molar-refractivity contribution in [2.75, 3.05) is 6.61 Å². The molecule has 1 unspecified atom stereocenters. The van der Waals surface area contributed by atoms with Gasteiger partial charge in [-0.05, 0) is 91.8 Å². The van der Waals surface area contributed by atoms with Crippen molar-refractivity contribution < 1.29 is 34.8 Å². The Morgan fingerprint density at radius 3 is 2.52 bits per heavy atom. The highest BCUT2D eigenvalue weighted by Crippen LogP contribution is 2.69. The summed E-state index contributed by atoms with van der Waals surface area (Å²) in [6, 6.07) is -0.773. The zero-order valence-electron chi connectivity index (χ0n) is 24.7. The first-order chi connectivity index (χ1) is 18.9. The number of fused-ring (bicyclic) bond motifs is 5. The molecule has 40 heavy (non-hydrogen) atoms. The van der Waals surface area contributed by atoms with Gasteiger partial charge in [-0.3, -0.25) is 9.59 Å². The van der Waals surface area contributed by atoms with Crippen LogP contribution in [-0.4, -0.2) is 69.4 Å². The monoisotopic (exact) mass is 561 g/mol. The van der Waals surface area contributed by atoms with Gasteiger partial charge >= 0.3 is 5.97 Å². The van der Waals surface area contributed by atoms with Gasteiger partial charge in [0.1, 0.15) is 18.3 Å². The van der Waals surface area contributed by atoms with Crippen LogP contribution in [0.4, 0.5) is 0 Å². The van der Waals surface area contributed by atoms with Crippen molar-refractivity contribution in [1.29, 1.82) is 0 Å². The predicted molar refractivity (Wildman–Crippen MR) is 150 cm³/mol. The van der Waals surface area contributed by atoms with E-state index in [4.69, 9.17) is 4.74 Å². The molecule has 5 N–H and O–H groups in total. The molecule has 5 aliphatic rings. The van der Waals surface area contributed by atoms with E-state index >= 15 is 0 Å². The summed E-state index contributed by atoms with van der Waals surface area (Å²) in [5.41, 5.74) is 1.69. The Kier molecular flexibility index (Phi) is 8.48. The Hall–Kier alpha value is -1.48. The number of carbonyl (C=O) groups is 2. The molecule has 1 aliphatic heterocycles. The highest BCUT2D eigenvalue weighted by atomic mass is 16.5. The van der Waals surface area contributed by atoms with Crippen molar-refractivity contribution in [3.05, 3.63) is 11.6 Å². The lowest BCUT2D eigenvalue weighted by Crippen LogP contribution is -2.67. The molecule has 13 atom stereocenters. The van der Waals surface area contributed by atoms with Crippen molar-refractivity contribution in [1.82, 2.24) is 5.32 Å². The van der Waals surface area contributed by atoms with Crippen LogP contribution in [0.25, 0.3) is 0 Å². The Bertz CT molecular complexity index is 1000. The van der Waals surface area contributed by atoms with E-state index in [-0.39, 0.29) is 35.0 Å². The van der Waals surface area contributed by atoms with Gasteiger partial charge in [-0.25, -0.2) is 0 Å². The number of aliphatic hydroxyl groups is 3. The Morgan fingerprint density at radius 1 is 1.10 bits per heavy atom. The highest BCUT2D eigenvalue weighted by Gasteiger charge is 2.63. The number of carboxylic acid groups (broad SMARTS) is 1. The zero-order chi connectivity index (χ0) is 29.0. The fraction of sp³-hybridized carbons (Fsp3) is 0.875. The lowest BCUT2D eigenvalue weighted by molar-refractivity contribution is -0.217. The molecule has 4 aliphatic carbocycles. The number of hydrogen-bond acceptors (Lipinski definition) is 6. The SMILES string of the molecule is CC(=O)N[C@H]1C([C@H]2C=C3CCCC[C@]3(C)[C@H]3CC[C@]4(C)[C@@H]([C@H](C)CCC(=O)O)CC[C@H]4[C@H]23)O[C@H](CO)[C@@H](O)[C@@H]1O. The normalized spacial score (nSPS) is 47.3. The molecule has 1 saturated heterocycles. The maximum Gasteiger partial charge on any atom is 0.303 e. The van der Waals surface area contributed by atoms with Crippen LogP contribution in [0.3, 0.4) is 0 Å². The third-order valence-electron chi connectivity index (χ3n) is 12.4. The highest BCUT2D eigenvalue weighted by molar-refractivity contribution is 5.73. The van der Waals surface area contributed by atoms with E-state index in [0.717, 1.165) is 38.5 Å². The molecule has 226 valence electrons. The smallest absolute Gasteiger partial charge is 0.303 e. The molecule has 0 spiro atoms. The molecule has 8 heteroatoms. The maximum absolute atomic E-state index is 12.3. The number of rotatable bonds is 7. The number of allylic oxidation sites excluding steroid dienone is 1. The predicted octanol–water partition coefficient (Wildman–Crippen LogP) is 3.67. The minimum Gasteiger partial charge on any atom is -0.481 e. The van der Waals surface area contributed by atoms with Crippen LogP contribution < -0.4 is 5.32 Å². The summed E-state index contributed by atoms with van der Waals surface area (Å²) in [6.45, 7) is 8.14. The Labute approximate surface area is 238 Å². The second kappa shape index (κ2) is 11.3. The molecule has 4 fully saturated rings. The van der Waals surface area contributed by atoms with Crippen LogP contribution in [0.1, 0.15) is 91.9 Å². The molecular weight excluding hydrogens is 510 g/mol. The molecule has 8 nitrogen and oxygen atoms in total. The van der Waals surface area contributed by atoms with Crippen molar-refractivity contribution in [3.63, 3.8) is 0 Å². The van der Waals surface area contributed by atoms with Gasteiger partial charge in [0, 0.05) is 19.3 Å². The quantitative estimate of drug-likeness (QED) is 0.299. The fourth-order valence-electron chi connectivity index (χ4n) is 10.5. The molecule has 0 radical (unpaired) electrons. The Morgan fingerprint density at radius 2 is 1.85 bits per heavy atom. The number of amides is 1. The van der Waals surface area contributed by atoms with Crippen molar-refractivity contribution >= 4 is 11.9 Å². The van der Waals surface area contributed by atoms with Gasteiger partial charge in [-0.1, -0.05) is 38.8 Å². The molecular formula is C32H51NO7. The molecule has 0 aromatic heterocycles. The summed E-state index contributed by atoms with van der Waals surface area (Å²) in [5.74, 6) is 0.876. The van der Waals surface area contributed by atoms with Crippen molar-refractivity contribution in [2.45, 2.75) is 122 Å². The van der Waals surface area contributed by atoms with E-state index in [2.05, 4.69) is 32.2 Å². The van der Waals surface area contributed by atoms with Gasteiger partial charge in [-0.2, -0.15) is 0 Å². The molecule has 5 rings (SSSR count). The average molecular weight is 562 g/mol. The maximum atomic E-state index is 12.3. The van der Waals surface area contributed by atoms with E-state index in [9.17, 15) is 30.0 Å². The van der Waals surface area contributed by atoms with Crippen LogP contribution in [0.2, 0.25) is 0 Å². The summed E-state index contributed by atoms with van der Waals surface area (Å²) in [5, 5.41) is 44.2. The van der Waals surface area contributed by atoms with Gasteiger partial charge in [-0.15, -0.1) is 0 Å². The van der Waals surface area contributed by atoms with Gasteiger partial charge < -0.3 is 30.5 Å². The first-order valence-corrected chi connectivity index (χ1v) is 15.7. The van der Waals surface area contributed by atoms with E-state index in [1.807, 2.05) is 0 Å². The van der Waals surface area contributed by atoms with E-state index in [1.165, 1.54) is 25.3 Å². The van der Waals surface area contributed by atoms with Gasteiger partial charge in [0.15, 0.2) is 0 Å². The second-order valence-electron chi connectivity index (χ2n) is 14.4. The first-order valence-electron chi connectivity index (χ1n) is 15.7. The van der Waals surface area contributed by atoms with Crippen molar-refractivity contribution in [2.24, 2.45) is 46.3 Å². The van der Waals surface area contributed by atoms with Crippen LogP contribution in [0.15, 0.2) is 11.6 Å². The third kappa shape index (κ3) is 4.95. The number of nitrogens with one attached hydrogen (secondary N) is 1. The summed E-state index contributed by atoms with van der Waals surface area (Å²) in [6.07, 6.45) is 8.37. The topological polar surface area (TPSA) is 136 Å². The summed E-state index contributed by atoms with van der Waals surface area (Å²) < 4.78 is 6.47. The van der Waals surface area contributed by atoms with Crippen LogP contribution in [0, 0.1) is 46.3 Å². The largest absolute Gasteiger partial charge is 0.481 e. The molecule has 1 heterocycles. The van der Waals surface area contributed by atoms with Crippen molar-refractivity contribution in [3.8, 4) is 0 Å². The van der Waals surface area contributed by atoms with Crippen LogP contribution in [0.5, 0.6) is 0 Å². The van der Waals surface area contributed by atoms with E-state index < -0.39 is 43.0 Å². The number of ether oxygens (including phenoxy) is 1. The summed E-state index contributed by atoms with van der Waals surface area (Å²) in [7, 11) is 0. The summed E-state index contributed by atoms with van der Waals surface area (Å²) >= 11 is 0. The van der Waals surface area contributed by atoms with Crippen LogP contribution >= 0.6 is 0 Å². The van der Waals surface area contributed by atoms with Gasteiger partial charge in [0.05, 0.1) is 18.8 Å². The number of carboxylic acids is 1. The standard InChI is InChI=1S/C32H51NO7/c1-17(8-11-25(36)37)21-9-10-22-26-20(30-27(33-18(2)35)29(39)28(38)24(16-34)40-30)15-19-7-5-6-13-31(19,3)23(26)12-14-32(21,22)4/h15,17,20-24,26-30,34,38-39H,5-14,16H2,1-4H3,(H,33,35)(H,36,37)/t17-,20+,21-,22+,23+,24-,26+,27-,28-,29-,30?,31+,32-/m1/s1. The zero-order valence-corrected chi connectivity index (χ0v) is 24.7. The lowest BCUT2D eigenvalue weighted by atomic mass is 9.44. The third-order valence-corrected chi connectivity index (χ3v) is 12.4. The van der Waals surface area contributed by atoms with Gasteiger partial charge in [0.2, 0.25) is 5.91 Å².